The first-order valence-corrected chi connectivity index (χ1v) is 9.46. The second kappa shape index (κ2) is 8.49. The van der Waals surface area contributed by atoms with Crippen LogP contribution in [0, 0.1) is 0 Å². The maximum atomic E-state index is 12.0. The number of nitrogens with one attached hydrogen (secondary N) is 1. The number of hydrogen-bond donors (Lipinski definition) is 2. The highest BCUT2D eigenvalue weighted by atomic mass is 79.9. The van der Waals surface area contributed by atoms with Gasteiger partial charge in [0, 0.05) is 17.7 Å². The number of benzene rings is 1. The van der Waals surface area contributed by atoms with E-state index in [1.54, 1.807) is 6.07 Å². The van der Waals surface area contributed by atoms with Gasteiger partial charge in [-0.15, -0.1) is 0 Å². The summed E-state index contributed by atoms with van der Waals surface area (Å²) in [6.45, 7) is 6.53. The standard InChI is InChI=1S/C21H25BrN2O2/c1-21(2,3)15-10-8-14(9-11-15)16(6-4-5-7-19(23)25)18-13-12-17(22)20(26)24-18/h6,8-13H,4-5,7H2,1-3H3,(H2,23,25)(H,24,26)/b16-6+. The smallest absolute Gasteiger partial charge is 0.262 e. The van der Waals surface area contributed by atoms with Gasteiger partial charge in [-0.2, -0.15) is 0 Å². The van der Waals surface area contributed by atoms with Crippen LogP contribution in [0.4, 0.5) is 0 Å². The van der Waals surface area contributed by atoms with E-state index in [-0.39, 0.29) is 16.9 Å². The van der Waals surface area contributed by atoms with Crippen LogP contribution in [-0.4, -0.2) is 10.9 Å². The monoisotopic (exact) mass is 416 g/mol. The average molecular weight is 417 g/mol. The fraction of sp³-hybridized carbons (Fsp3) is 0.333. The molecular weight excluding hydrogens is 392 g/mol. The number of carbonyl (C=O) groups excluding carboxylic acids is 1. The van der Waals surface area contributed by atoms with Gasteiger partial charge in [0.15, 0.2) is 0 Å². The lowest BCUT2D eigenvalue weighted by Crippen LogP contribution is -2.11. The zero-order valence-electron chi connectivity index (χ0n) is 15.4. The van der Waals surface area contributed by atoms with Gasteiger partial charge in [-0.05, 0) is 57.4 Å². The summed E-state index contributed by atoms with van der Waals surface area (Å²) in [5.74, 6) is -0.300. The van der Waals surface area contributed by atoms with Crippen LogP contribution in [0.2, 0.25) is 0 Å². The van der Waals surface area contributed by atoms with E-state index in [9.17, 15) is 9.59 Å². The lowest BCUT2D eigenvalue weighted by atomic mass is 9.86. The van der Waals surface area contributed by atoms with E-state index in [0.717, 1.165) is 16.8 Å². The molecule has 0 aliphatic carbocycles. The van der Waals surface area contributed by atoms with Crippen molar-refractivity contribution < 1.29 is 4.79 Å². The lowest BCUT2D eigenvalue weighted by Gasteiger charge is -2.19. The minimum Gasteiger partial charge on any atom is -0.370 e. The molecule has 1 heterocycles. The van der Waals surface area contributed by atoms with Crippen molar-refractivity contribution in [2.24, 2.45) is 5.73 Å². The lowest BCUT2D eigenvalue weighted by molar-refractivity contribution is -0.118. The molecule has 26 heavy (non-hydrogen) atoms. The maximum absolute atomic E-state index is 12.0. The molecule has 1 aromatic carbocycles. The molecule has 0 saturated carbocycles. The van der Waals surface area contributed by atoms with Crippen LogP contribution in [0.1, 0.15) is 56.9 Å². The topological polar surface area (TPSA) is 76.0 Å². The first kappa shape index (κ1) is 20.2. The van der Waals surface area contributed by atoms with Crippen LogP contribution in [0.5, 0.6) is 0 Å². The zero-order valence-corrected chi connectivity index (χ0v) is 17.0. The van der Waals surface area contributed by atoms with E-state index in [1.165, 1.54) is 5.56 Å². The molecule has 0 unspecified atom stereocenters. The summed E-state index contributed by atoms with van der Waals surface area (Å²) in [4.78, 5) is 25.8. The van der Waals surface area contributed by atoms with Crippen molar-refractivity contribution in [2.75, 3.05) is 0 Å². The zero-order chi connectivity index (χ0) is 19.3. The highest BCUT2D eigenvalue weighted by Crippen LogP contribution is 2.27. The van der Waals surface area contributed by atoms with E-state index in [1.807, 2.05) is 12.1 Å². The Morgan fingerprint density at radius 3 is 2.35 bits per heavy atom. The number of allylic oxidation sites excluding steroid dienone is 1. The van der Waals surface area contributed by atoms with Crippen molar-refractivity contribution in [3.63, 3.8) is 0 Å². The first-order valence-electron chi connectivity index (χ1n) is 8.67. The van der Waals surface area contributed by atoms with Crippen molar-refractivity contribution in [2.45, 2.75) is 45.4 Å². The molecule has 1 aromatic heterocycles. The minimum atomic E-state index is -0.300. The Kier molecular flexibility index (Phi) is 6.59. The van der Waals surface area contributed by atoms with Gasteiger partial charge in [0.25, 0.3) is 5.56 Å². The van der Waals surface area contributed by atoms with Gasteiger partial charge in [0.1, 0.15) is 0 Å². The van der Waals surface area contributed by atoms with Gasteiger partial charge < -0.3 is 10.7 Å². The molecule has 0 spiro atoms. The Morgan fingerprint density at radius 2 is 1.81 bits per heavy atom. The van der Waals surface area contributed by atoms with E-state index in [4.69, 9.17) is 5.73 Å². The number of nitrogens with two attached hydrogens (primary N) is 1. The van der Waals surface area contributed by atoms with E-state index >= 15 is 0 Å². The van der Waals surface area contributed by atoms with Crippen LogP contribution in [0.25, 0.3) is 5.57 Å². The Morgan fingerprint density at radius 1 is 1.15 bits per heavy atom. The van der Waals surface area contributed by atoms with E-state index in [0.29, 0.717) is 23.7 Å². The predicted molar refractivity (Wildman–Crippen MR) is 110 cm³/mol. The average Bonchev–Trinajstić information content (AvgIpc) is 2.57. The van der Waals surface area contributed by atoms with Crippen LogP contribution in [0.3, 0.4) is 0 Å². The highest BCUT2D eigenvalue weighted by Gasteiger charge is 2.14. The van der Waals surface area contributed by atoms with Gasteiger partial charge in [0.2, 0.25) is 5.91 Å². The van der Waals surface area contributed by atoms with Crippen LogP contribution in [0.15, 0.2) is 51.7 Å². The number of aromatic nitrogens is 1. The number of aromatic amines is 1. The summed E-state index contributed by atoms with van der Waals surface area (Å²) >= 11 is 3.23. The summed E-state index contributed by atoms with van der Waals surface area (Å²) in [5.41, 5.74) is 9.09. The second-order valence-electron chi connectivity index (χ2n) is 7.35. The maximum Gasteiger partial charge on any atom is 0.262 e. The molecule has 2 aromatic rings. The normalized spacial score (nSPS) is 12.2. The molecule has 1 amide bonds. The third-order valence-corrected chi connectivity index (χ3v) is 4.81. The summed E-state index contributed by atoms with van der Waals surface area (Å²) in [7, 11) is 0. The number of rotatable bonds is 6. The second-order valence-corrected chi connectivity index (χ2v) is 8.21. The molecule has 3 N–H and O–H groups in total. The number of pyridine rings is 1. The number of carbonyl (C=O) groups is 1. The molecule has 0 atom stereocenters. The van der Waals surface area contributed by atoms with Crippen molar-refractivity contribution in [3.05, 3.63) is 74.1 Å². The summed E-state index contributed by atoms with van der Waals surface area (Å²) in [5, 5.41) is 0. The van der Waals surface area contributed by atoms with Crippen LogP contribution in [-0.2, 0) is 10.2 Å². The van der Waals surface area contributed by atoms with E-state index < -0.39 is 0 Å². The van der Waals surface area contributed by atoms with Crippen LogP contribution >= 0.6 is 15.9 Å². The van der Waals surface area contributed by atoms with Gasteiger partial charge in [-0.3, -0.25) is 9.59 Å². The highest BCUT2D eigenvalue weighted by molar-refractivity contribution is 9.10. The Hall–Kier alpha value is -2.14. The molecule has 2 rings (SSSR count). The molecule has 0 aliphatic rings. The van der Waals surface area contributed by atoms with Crippen LogP contribution < -0.4 is 11.3 Å². The summed E-state index contributed by atoms with van der Waals surface area (Å²) in [6, 6.07) is 12.0. The molecule has 5 heteroatoms. The molecule has 0 fully saturated rings. The fourth-order valence-electron chi connectivity index (χ4n) is 2.67. The molecule has 0 bridgehead atoms. The van der Waals surface area contributed by atoms with Crippen molar-refractivity contribution in [1.29, 1.82) is 0 Å². The minimum absolute atomic E-state index is 0.0792. The third kappa shape index (κ3) is 5.43. The molecule has 4 nitrogen and oxygen atoms in total. The van der Waals surface area contributed by atoms with Gasteiger partial charge in [-0.1, -0.05) is 51.1 Å². The quantitative estimate of drug-likeness (QED) is 0.678. The van der Waals surface area contributed by atoms with E-state index in [2.05, 4.69) is 66.0 Å². The third-order valence-electron chi connectivity index (χ3n) is 4.19. The van der Waals surface area contributed by atoms with Crippen molar-refractivity contribution in [1.82, 2.24) is 4.98 Å². The Balaban J connectivity index is 2.39. The predicted octanol–water partition coefficient (Wildman–Crippen LogP) is 4.52. The number of H-pyrrole nitrogens is 1. The Bertz CT molecular complexity index is 859. The number of halogens is 1. The number of amides is 1. The fourth-order valence-corrected chi connectivity index (χ4v) is 2.90. The molecule has 0 aliphatic heterocycles. The number of unbranched alkanes of at least 4 members (excludes halogenated alkanes) is 1. The molecular formula is C21H25BrN2O2. The number of hydrogen-bond acceptors (Lipinski definition) is 2. The Labute approximate surface area is 162 Å². The number of primary amides is 1. The summed E-state index contributed by atoms with van der Waals surface area (Å²) in [6.07, 6.45) is 3.79. The van der Waals surface area contributed by atoms with Crippen molar-refractivity contribution >= 4 is 27.4 Å². The van der Waals surface area contributed by atoms with Gasteiger partial charge in [0.05, 0.1) is 4.47 Å². The SMILES string of the molecule is CC(C)(C)c1ccc(/C(=C\CCCC(N)=O)c2ccc(Br)c(=O)[nH]2)cc1. The molecule has 0 radical (unpaired) electrons. The van der Waals surface area contributed by atoms with Gasteiger partial charge in [-0.25, -0.2) is 0 Å². The molecule has 138 valence electrons. The first-order chi connectivity index (χ1) is 12.2. The van der Waals surface area contributed by atoms with Crippen molar-refractivity contribution in [3.8, 4) is 0 Å². The van der Waals surface area contributed by atoms with Gasteiger partial charge >= 0.3 is 0 Å². The largest absolute Gasteiger partial charge is 0.370 e. The molecule has 0 saturated heterocycles. The summed E-state index contributed by atoms with van der Waals surface area (Å²) < 4.78 is 0.498.